The van der Waals surface area contributed by atoms with Crippen molar-refractivity contribution in [3.63, 3.8) is 0 Å². The lowest BCUT2D eigenvalue weighted by Crippen LogP contribution is -2.20. The van der Waals surface area contributed by atoms with Gasteiger partial charge in [-0.3, -0.25) is 4.79 Å². The van der Waals surface area contributed by atoms with Crippen LogP contribution in [0, 0.1) is 0 Å². The van der Waals surface area contributed by atoms with E-state index in [1.54, 1.807) is 14.1 Å². The number of aliphatic carboxylic acids is 1. The van der Waals surface area contributed by atoms with Crippen LogP contribution in [-0.4, -0.2) is 36.0 Å². The molecule has 5 nitrogen and oxygen atoms in total. The molecular formula is C15H15F3N2O3. The van der Waals surface area contributed by atoms with Crippen LogP contribution in [0.25, 0.3) is 5.70 Å². The second-order valence-corrected chi connectivity index (χ2v) is 4.77. The fraction of sp³-hybridized carbons (Fsp3) is 0.200. The van der Waals surface area contributed by atoms with Crippen LogP contribution in [0.2, 0.25) is 0 Å². The van der Waals surface area contributed by atoms with Crippen molar-refractivity contribution in [1.82, 2.24) is 4.90 Å². The monoisotopic (exact) mass is 328 g/mol. The summed E-state index contributed by atoms with van der Waals surface area (Å²) in [6, 6.07) is 4.55. The Bertz CT molecular complexity index is 661. The Morgan fingerprint density at radius 1 is 1.22 bits per heavy atom. The van der Waals surface area contributed by atoms with Gasteiger partial charge in [-0.25, -0.2) is 4.79 Å². The first kappa shape index (κ1) is 18.3. The van der Waals surface area contributed by atoms with Gasteiger partial charge in [0.15, 0.2) is 0 Å². The molecule has 1 aromatic rings. The van der Waals surface area contributed by atoms with Crippen LogP contribution < -0.4 is 5.73 Å². The highest BCUT2D eigenvalue weighted by atomic mass is 19.4. The molecule has 3 N–H and O–H groups in total. The van der Waals surface area contributed by atoms with Gasteiger partial charge in [-0.05, 0) is 29.8 Å². The number of hydrogen-bond donors (Lipinski definition) is 2. The van der Waals surface area contributed by atoms with Crippen LogP contribution >= 0.6 is 0 Å². The van der Waals surface area contributed by atoms with Crippen molar-refractivity contribution < 1.29 is 27.9 Å². The molecule has 0 aliphatic carbocycles. The molecule has 1 rings (SSSR count). The molecular weight excluding hydrogens is 313 g/mol. The smallest absolute Gasteiger partial charge is 0.416 e. The van der Waals surface area contributed by atoms with E-state index in [4.69, 9.17) is 10.8 Å². The van der Waals surface area contributed by atoms with E-state index in [-0.39, 0.29) is 11.3 Å². The predicted octanol–water partition coefficient (Wildman–Crippen LogP) is 2.10. The highest BCUT2D eigenvalue weighted by molar-refractivity contribution is 6.15. The zero-order valence-electron chi connectivity index (χ0n) is 12.4. The Morgan fingerprint density at radius 2 is 1.83 bits per heavy atom. The van der Waals surface area contributed by atoms with E-state index in [2.05, 4.69) is 0 Å². The third-order valence-corrected chi connectivity index (χ3v) is 2.87. The van der Waals surface area contributed by atoms with Gasteiger partial charge in [0.05, 0.1) is 5.56 Å². The number of alkyl halides is 3. The normalized spacial score (nSPS) is 12.9. The molecule has 23 heavy (non-hydrogen) atoms. The molecule has 0 saturated heterocycles. The SMILES string of the molecule is CN(C)C(=CC=C(C(N)=O)C(=O)O)c1cccc(C(F)(F)F)c1. The predicted molar refractivity (Wildman–Crippen MR) is 78.0 cm³/mol. The van der Waals surface area contributed by atoms with E-state index >= 15 is 0 Å². The van der Waals surface area contributed by atoms with Crippen molar-refractivity contribution in [2.75, 3.05) is 14.1 Å². The zero-order chi connectivity index (χ0) is 17.8. The third-order valence-electron chi connectivity index (χ3n) is 2.87. The van der Waals surface area contributed by atoms with Gasteiger partial charge in [-0.1, -0.05) is 12.1 Å². The number of carbonyl (C=O) groups is 2. The number of carboxylic acids is 1. The Morgan fingerprint density at radius 3 is 2.26 bits per heavy atom. The molecule has 1 amide bonds. The van der Waals surface area contributed by atoms with E-state index in [0.717, 1.165) is 18.2 Å². The highest BCUT2D eigenvalue weighted by Crippen LogP contribution is 2.31. The minimum atomic E-state index is -4.50. The topological polar surface area (TPSA) is 83.6 Å². The largest absolute Gasteiger partial charge is 0.477 e. The van der Waals surface area contributed by atoms with E-state index < -0.39 is 29.2 Å². The first-order chi connectivity index (χ1) is 10.5. The Balaban J connectivity index is 3.38. The molecule has 0 unspecified atom stereocenters. The van der Waals surface area contributed by atoms with E-state index in [1.807, 2.05) is 0 Å². The summed E-state index contributed by atoms with van der Waals surface area (Å²) in [5.41, 5.74) is 3.94. The molecule has 0 aliphatic rings. The summed E-state index contributed by atoms with van der Waals surface area (Å²) in [7, 11) is 3.15. The first-order valence-electron chi connectivity index (χ1n) is 6.34. The van der Waals surface area contributed by atoms with Gasteiger partial charge in [0.1, 0.15) is 5.57 Å². The Labute approximate surface area is 130 Å². The number of amides is 1. The summed E-state index contributed by atoms with van der Waals surface area (Å²) in [5, 5.41) is 8.86. The standard InChI is InChI=1S/C15H15F3N2O3/c1-20(2)12(7-6-11(13(19)21)14(22)23)9-4-3-5-10(8-9)15(16,17)18/h3-8H,1-2H3,(H2,19,21)(H,22,23). The van der Waals surface area contributed by atoms with Crippen LogP contribution in [0.15, 0.2) is 42.0 Å². The molecule has 0 heterocycles. The summed E-state index contributed by atoms with van der Waals surface area (Å²) < 4.78 is 38.3. The van der Waals surface area contributed by atoms with Crippen molar-refractivity contribution in [3.8, 4) is 0 Å². The summed E-state index contributed by atoms with van der Waals surface area (Å²) in [5.74, 6) is -2.66. The third kappa shape index (κ3) is 4.87. The van der Waals surface area contributed by atoms with Gasteiger partial charge in [0.2, 0.25) is 0 Å². The van der Waals surface area contributed by atoms with Gasteiger partial charge in [0, 0.05) is 19.8 Å². The molecule has 1 aromatic carbocycles. The van der Waals surface area contributed by atoms with Gasteiger partial charge >= 0.3 is 12.1 Å². The fourth-order valence-electron chi connectivity index (χ4n) is 1.78. The molecule has 124 valence electrons. The number of halogens is 3. The molecule has 0 spiro atoms. The number of primary amides is 1. The minimum Gasteiger partial charge on any atom is -0.477 e. The van der Waals surface area contributed by atoms with E-state index in [0.29, 0.717) is 0 Å². The van der Waals surface area contributed by atoms with Crippen LogP contribution in [-0.2, 0) is 15.8 Å². The Hall–Kier alpha value is -2.77. The molecule has 0 fully saturated rings. The van der Waals surface area contributed by atoms with Gasteiger partial charge in [-0.2, -0.15) is 13.2 Å². The second-order valence-electron chi connectivity index (χ2n) is 4.77. The summed E-state index contributed by atoms with van der Waals surface area (Å²) in [6.45, 7) is 0. The maximum Gasteiger partial charge on any atom is 0.416 e. The van der Waals surface area contributed by atoms with Crippen molar-refractivity contribution in [2.24, 2.45) is 5.73 Å². The number of benzene rings is 1. The maximum atomic E-state index is 12.8. The number of allylic oxidation sites excluding steroid dienone is 2. The molecule has 0 bridgehead atoms. The van der Waals surface area contributed by atoms with Gasteiger partial charge in [0.25, 0.3) is 5.91 Å². The number of nitrogens with zero attached hydrogens (tertiary/aromatic N) is 1. The molecule has 8 heteroatoms. The lowest BCUT2D eigenvalue weighted by atomic mass is 10.1. The average molecular weight is 328 g/mol. The average Bonchev–Trinajstić information content (AvgIpc) is 2.41. The number of carbonyl (C=O) groups excluding carboxylic acids is 1. The number of rotatable bonds is 5. The fourth-order valence-corrected chi connectivity index (χ4v) is 1.78. The van der Waals surface area contributed by atoms with E-state index in [1.165, 1.54) is 23.1 Å². The molecule has 0 saturated carbocycles. The second kappa shape index (κ2) is 6.99. The van der Waals surface area contributed by atoms with Gasteiger partial charge in [-0.15, -0.1) is 0 Å². The van der Waals surface area contributed by atoms with Crippen molar-refractivity contribution in [2.45, 2.75) is 6.18 Å². The minimum absolute atomic E-state index is 0.218. The maximum absolute atomic E-state index is 12.8. The molecule has 0 aromatic heterocycles. The highest BCUT2D eigenvalue weighted by Gasteiger charge is 2.30. The van der Waals surface area contributed by atoms with Crippen LogP contribution in [0.4, 0.5) is 13.2 Å². The number of hydrogen-bond acceptors (Lipinski definition) is 3. The zero-order valence-corrected chi connectivity index (χ0v) is 12.4. The molecule has 0 aliphatic heterocycles. The Kier molecular flexibility index (Phi) is 5.56. The quantitative estimate of drug-likeness (QED) is 0.375. The van der Waals surface area contributed by atoms with Crippen molar-refractivity contribution >= 4 is 17.6 Å². The molecule has 0 atom stereocenters. The summed E-state index contributed by atoms with van der Waals surface area (Å²) in [4.78, 5) is 23.4. The number of nitrogens with two attached hydrogens (primary N) is 1. The van der Waals surface area contributed by atoms with Crippen LogP contribution in [0.5, 0.6) is 0 Å². The van der Waals surface area contributed by atoms with E-state index in [9.17, 15) is 22.8 Å². The van der Waals surface area contributed by atoms with Crippen molar-refractivity contribution in [1.29, 1.82) is 0 Å². The van der Waals surface area contributed by atoms with Crippen LogP contribution in [0.1, 0.15) is 11.1 Å². The summed E-state index contributed by atoms with van der Waals surface area (Å²) >= 11 is 0. The lowest BCUT2D eigenvalue weighted by molar-refractivity contribution is -0.138. The van der Waals surface area contributed by atoms with Gasteiger partial charge < -0.3 is 15.7 Å². The summed E-state index contributed by atoms with van der Waals surface area (Å²) in [6.07, 6.45) is -2.31. The molecule has 0 radical (unpaired) electrons. The first-order valence-corrected chi connectivity index (χ1v) is 6.34. The number of carboxylic acid groups (broad SMARTS) is 1. The van der Waals surface area contributed by atoms with Crippen LogP contribution in [0.3, 0.4) is 0 Å². The lowest BCUT2D eigenvalue weighted by Gasteiger charge is -2.18. The van der Waals surface area contributed by atoms with Crippen molar-refractivity contribution in [3.05, 3.63) is 53.1 Å².